The molecule has 0 unspecified atom stereocenters. The van der Waals surface area contributed by atoms with Gasteiger partial charge in [-0.05, 0) is 29.8 Å². The van der Waals surface area contributed by atoms with E-state index < -0.39 is 5.97 Å². The fraction of sp³-hybridized carbons (Fsp3) is 0.0526. The van der Waals surface area contributed by atoms with Crippen LogP contribution in [0.1, 0.15) is 11.1 Å². The van der Waals surface area contributed by atoms with Gasteiger partial charge in [0.05, 0.1) is 12.7 Å². The monoisotopic (exact) mass is 383 g/mol. The number of benzene rings is 2. The van der Waals surface area contributed by atoms with Gasteiger partial charge in [0.15, 0.2) is 5.70 Å². The topological polar surface area (TPSA) is 47.9 Å². The lowest BCUT2D eigenvalue weighted by Crippen LogP contribution is -2.07. The Kier molecular flexibility index (Phi) is 4.91. The molecule has 5 heteroatoms. The fourth-order valence-corrected chi connectivity index (χ4v) is 2.56. The third-order valence-corrected chi connectivity index (χ3v) is 3.85. The molecule has 24 heavy (non-hydrogen) atoms. The average Bonchev–Trinajstić information content (AvgIpc) is 2.97. The molecule has 0 saturated carbocycles. The Morgan fingerprint density at radius 3 is 2.71 bits per heavy atom. The fourth-order valence-electron chi connectivity index (χ4n) is 2.20. The number of allylic oxidation sites excluding steroid dienone is 2. The van der Waals surface area contributed by atoms with Crippen molar-refractivity contribution in [1.82, 2.24) is 0 Å². The molecule has 2 aromatic carbocycles. The highest BCUT2D eigenvalue weighted by Crippen LogP contribution is 2.27. The Morgan fingerprint density at radius 1 is 1.17 bits per heavy atom. The first-order valence-corrected chi connectivity index (χ1v) is 8.05. The van der Waals surface area contributed by atoms with E-state index in [-0.39, 0.29) is 11.6 Å². The Bertz CT molecular complexity index is 854. The normalized spacial score (nSPS) is 15.7. The van der Waals surface area contributed by atoms with Crippen LogP contribution >= 0.6 is 15.9 Å². The molecule has 0 N–H and O–H groups in total. The second-order valence-corrected chi connectivity index (χ2v) is 5.89. The summed E-state index contributed by atoms with van der Waals surface area (Å²) in [6.07, 6.45) is 5.30. The lowest BCUT2D eigenvalue weighted by Gasteiger charge is -2.07. The number of rotatable bonds is 4. The van der Waals surface area contributed by atoms with Crippen LogP contribution in [-0.2, 0) is 9.53 Å². The molecule has 120 valence electrons. The molecule has 4 nitrogen and oxygen atoms in total. The van der Waals surface area contributed by atoms with E-state index in [0.717, 1.165) is 10.0 Å². The number of carbonyl (C=O) groups excluding carboxylic acids is 1. The summed E-state index contributed by atoms with van der Waals surface area (Å²) in [5.74, 6) is 0.341. The quantitative estimate of drug-likeness (QED) is 0.582. The Labute approximate surface area is 148 Å². The molecule has 0 radical (unpaired) electrons. The maximum Gasteiger partial charge on any atom is 0.363 e. The number of aliphatic imine (C=N–C) groups is 1. The van der Waals surface area contributed by atoms with Crippen molar-refractivity contribution in [3.63, 3.8) is 0 Å². The molecule has 2 aromatic rings. The molecule has 0 aromatic heterocycles. The molecule has 1 aliphatic heterocycles. The van der Waals surface area contributed by atoms with Gasteiger partial charge in [-0.3, -0.25) is 0 Å². The van der Waals surface area contributed by atoms with Crippen LogP contribution in [0.15, 0.2) is 75.8 Å². The van der Waals surface area contributed by atoms with Gasteiger partial charge >= 0.3 is 5.97 Å². The SMILES string of the molecule is COc1ccc(Br)cc1C1=NC(=CC=Cc2ccccc2)C(=O)O1. The summed E-state index contributed by atoms with van der Waals surface area (Å²) < 4.78 is 11.4. The largest absolute Gasteiger partial charge is 0.496 e. The van der Waals surface area contributed by atoms with Crippen molar-refractivity contribution in [1.29, 1.82) is 0 Å². The predicted molar refractivity (Wildman–Crippen MR) is 96.9 cm³/mol. The number of esters is 1. The van der Waals surface area contributed by atoms with Gasteiger partial charge in [-0.15, -0.1) is 0 Å². The molecule has 0 fully saturated rings. The standard InChI is InChI=1S/C19H14BrNO3/c1-23-17-11-10-14(20)12-15(17)18-21-16(19(22)24-18)9-5-8-13-6-3-2-4-7-13/h2-12H,1H3. The molecule has 0 spiro atoms. The number of nitrogens with zero attached hydrogens (tertiary/aromatic N) is 1. The number of hydrogen-bond donors (Lipinski definition) is 0. The van der Waals surface area contributed by atoms with E-state index in [1.807, 2.05) is 42.5 Å². The maximum absolute atomic E-state index is 12.0. The molecule has 0 amide bonds. The van der Waals surface area contributed by atoms with Crippen molar-refractivity contribution in [2.75, 3.05) is 7.11 Å². The second-order valence-electron chi connectivity index (χ2n) is 4.97. The summed E-state index contributed by atoms with van der Waals surface area (Å²) in [6, 6.07) is 15.2. The lowest BCUT2D eigenvalue weighted by molar-refractivity contribution is -0.130. The highest BCUT2D eigenvalue weighted by molar-refractivity contribution is 9.10. The van der Waals surface area contributed by atoms with Crippen LogP contribution in [0.4, 0.5) is 0 Å². The number of ether oxygens (including phenoxy) is 2. The first-order valence-electron chi connectivity index (χ1n) is 7.25. The summed E-state index contributed by atoms with van der Waals surface area (Å²) in [6.45, 7) is 0. The van der Waals surface area contributed by atoms with E-state index in [4.69, 9.17) is 9.47 Å². The average molecular weight is 384 g/mol. The molecule has 1 aliphatic rings. The Hall–Kier alpha value is -2.66. The van der Waals surface area contributed by atoms with Crippen LogP contribution in [-0.4, -0.2) is 19.0 Å². The van der Waals surface area contributed by atoms with Crippen molar-refractivity contribution in [2.45, 2.75) is 0 Å². The van der Waals surface area contributed by atoms with Gasteiger partial charge in [-0.1, -0.05) is 58.4 Å². The molecule has 0 aliphatic carbocycles. The minimum Gasteiger partial charge on any atom is -0.496 e. The molecule has 0 bridgehead atoms. The highest BCUT2D eigenvalue weighted by atomic mass is 79.9. The van der Waals surface area contributed by atoms with Crippen molar-refractivity contribution in [3.05, 3.63) is 82.0 Å². The van der Waals surface area contributed by atoms with Gasteiger partial charge in [0.25, 0.3) is 0 Å². The maximum atomic E-state index is 12.0. The Morgan fingerprint density at radius 2 is 1.96 bits per heavy atom. The zero-order valence-electron chi connectivity index (χ0n) is 12.9. The van der Waals surface area contributed by atoms with E-state index in [0.29, 0.717) is 11.3 Å². The molecule has 0 atom stereocenters. The van der Waals surface area contributed by atoms with Gasteiger partial charge in [-0.25, -0.2) is 9.79 Å². The van der Waals surface area contributed by atoms with E-state index in [1.54, 1.807) is 31.4 Å². The molecule has 3 rings (SSSR count). The number of halogens is 1. The van der Waals surface area contributed by atoms with Crippen LogP contribution in [0, 0.1) is 0 Å². The molecular formula is C19H14BrNO3. The van der Waals surface area contributed by atoms with Gasteiger partial charge in [0.2, 0.25) is 5.90 Å². The number of hydrogen-bond acceptors (Lipinski definition) is 4. The Balaban J connectivity index is 1.87. The van der Waals surface area contributed by atoms with Crippen molar-refractivity contribution < 1.29 is 14.3 Å². The van der Waals surface area contributed by atoms with Crippen LogP contribution in [0.5, 0.6) is 5.75 Å². The van der Waals surface area contributed by atoms with Gasteiger partial charge in [0.1, 0.15) is 5.75 Å². The predicted octanol–water partition coefficient (Wildman–Crippen LogP) is 4.36. The van der Waals surface area contributed by atoms with Crippen molar-refractivity contribution in [2.24, 2.45) is 4.99 Å². The number of carbonyl (C=O) groups is 1. The first-order chi connectivity index (χ1) is 11.7. The smallest absolute Gasteiger partial charge is 0.363 e. The summed E-state index contributed by atoms with van der Waals surface area (Å²) >= 11 is 3.39. The van der Waals surface area contributed by atoms with Gasteiger partial charge in [-0.2, -0.15) is 0 Å². The van der Waals surface area contributed by atoms with E-state index in [1.165, 1.54) is 0 Å². The number of cyclic esters (lactones) is 1. The summed E-state index contributed by atoms with van der Waals surface area (Å²) in [5.41, 5.74) is 1.91. The highest BCUT2D eigenvalue weighted by Gasteiger charge is 2.25. The van der Waals surface area contributed by atoms with Gasteiger partial charge in [0, 0.05) is 4.47 Å². The molecular weight excluding hydrogens is 370 g/mol. The zero-order chi connectivity index (χ0) is 16.9. The third kappa shape index (κ3) is 3.63. The van der Waals surface area contributed by atoms with E-state index in [9.17, 15) is 4.79 Å². The van der Waals surface area contributed by atoms with E-state index in [2.05, 4.69) is 20.9 Å². The van der Waals surface area contributed by atoms with Crippen LogP contribution in [0.25, 0.3) is 6.08 Å². The lowest BCUT2D eigenvalue weighted by atomic mass is 10.2. The summed E-state index contributed by atoms with van der Waals surface area (Å²) in [5, 5.41) is 0. The van der Waals surface area contributed by atoms with Crippen molar-refractivity contribution >= 4 is 33.9 Å². The number of methoxy groups -OCH3 is 1. The first kappa shape index (κ1) is 16.2. The summed E-state index contributed by atoms with van der Waals surface area (Å²) in [4.78, 5) is 16.3. The van der Waals surface area contributed by atoms with Crippen molar-refractivity contribution in [3.8, 4) is 5.75 Å². The van der Waals surface area contributed by atoms with Crippen LogP contribution in [0.3, 0.4) is 0 Å². The minimum absolute atomic E-state index is 0.234. The minimum atomic E-state index is -0.482. The van der Waals surface area contributed by atoms with Crippen LogP contribution < -0.4 is 4.74 Å². The zero-order valence-corrected chi connectivity index (χ0v) is 14.5. The molecule has 0 saturated heterocycles. The second kappa shape index (κ2) is 7.27. The molecule has 1 heterocycles. The third-order valence-electron chi connectivity index (χ3n) is 3.35. The van der Waals surface area contributed by atoms with Gasteiger partial charge < -0.3 is 9.47 Å². The van der Waals surface area contributed by atoms with E-state index >= 15 is 0 Å². The van der Waals surface area contributed by atoms with Crippen LogP contribution in [0.2, 0.25) is 0 Å². The summed E-state index contributed by atoms with van der Waals surface area (Å²) in [7, 11) is 1.56.